The number of carbonyl (C=O) groups is 2. The summed E-state index contributed by atoms with van der Waals surface area (Å²) in [7, 11) is 0. The molecule has 0 saturated heterocycles. The standard InChI is InChI=1S/C16H27NO4/c1-2-14(21-12-6-4-3-5-7-12)15(18)17-13(16(19)20)10-11-8-9-11/h11-14H,2-10H2,1H3,(H,17,18)(H,19,20). The highest BCUT2D eigenvalue weighted by Gasteiger charge is 2.32. The first-order valence-electron chi connectivity index (χ1n) is 8.28. The van der Waals surface area contributed by atoms with Gasteiger partial charge in [-0.2, -0.15) is 0 Å². The Bertz CT molecular complexity index is 361. The summed E-state index contributed by atoms with van der Waals surface area (Å²) >= 11 is 0. The average Bonchev–Trinajstić information content (AvgIpc) is 3.29. The van der Waals surface area contributed by atoms with Crippen LogP contribution in [0.2, 0.25) is 0 Å². The topological polar surface area (TPSA) is 75.6 Å². The van der Waals surface area contributed by atoms with E-state index in [0.717, 1.165) is 38.5 Å². The number of hydrogen-bond donors (Lipinski definition) is 2. The van der Waals surface area contributed by atoms with Crippen molar-refractivity contribution < 1.29 is 19.4 Å². The third kappa shape index (κ3) is 5.30. The highest BCUT2D eigenvalue weighted by molar-refractivity contribution is 5.86. The maximum Gasteiger partial charge on any atom is 0.326 e. The second-order valence-corrected chi connectivity index (χ2v) is 6.37. The van der Waals surface area contributed by atoms with E-state index in [2.05, 4.69) is 5.32 Å². The zero-order valence-electron chi connectivity index (χ0n) is 12.8. The minimum absolute atomic E-state index is 0.154. The zero-order valence-corrected chi connectivity index (χ0v) is 12.8. The lowest BCUT2D eigenvalue weighted by Gasteiger charge is -2.27. The monoisotopic (exact) mass is 297 g/mol. The Morgan fingerprint density at radius 1 is 1.19 bits per heavy atom. The predicted molar refractivity (Wildman–Crippen MR) is 78.9 cm³/mol. The van der Waals surface area contributed by atoms with Crippen molar-refractivity contribution in [3.8, 4) is 0 Å². The van der Waals surface area contributed by atoms with Crippen LogP contribution in [0.3, 0.4) is 0 Å². The largest absolute Gasteiger partial charge is 0.480 e. The second kappa shape index (κ2) is 7.78. The maximum atomic E-state index is 12.3. The van der Waals surface area contributed by atoms with Gasteiger partial charge in [-0.1, -0.05) is 39.0 Å². The molecule has 0 aliphatic heterocycles. The highest BCUT2D eigenvalue weighted by Crippen LogP contribution is 2.33. The van der Waals surface area contributed by atoms with Gasteiger partial charge in [0.1, 0.15) is 12.1 Å². The van der Waals surface area contributed by atoms with Gasteiger partial charge in [-0.3, -0.25) is 4.79 Å². The fourth-order valence-electron chi connectivity index (χ4n) is 2.95. The summed E-state index contributed by atoms with van der Waals surface area (Å²) in [5.74, 6) is -0.746. The molecule has 2 atom stereocenters. The van der Waals surface area contributed by atoms with Crippen molar-refractivity contribution in [1.82, 2.24) is 5.32 Å². The van der Waals surface area contributed by atoms with Gasteiger partial charge in [0.15, 0.2) is 0 Å². The van der Waals surface area contributed by atoms with Crippen LogP contribution in [-0.4, -0.2) is 35.2 Å². The van der Waals surface area contributed by atoms with Gasteiger partial charge in [0.05, 0.1) is 6.10 Å². The van der Waals surface area contributed by atoms with E-state index in [9.17, 15) is 14.7 Å². The summed E-state index contributed by atoms with van der Waals surface area (Å²) in [6.07, 6.45) is 8.48. The second-order valence-electron chi connectivity index (χ2n) is 6.37. The molecule has 1 amide bonds. The van der Waals surface area contributed by atoms with Gasteiger partial charge in [-0.05, 0) is 31.6 Å². The minimum atomic E-state index is -0.942. The van der Waals surface area contributed by atoms with Crippen molar-refractivity contribution in [2.45, 2.75) is 83.0 Å². The number of carboxylic acids is 1. The van der Waals surface area contributed by atoms with Gasteiger partial charge in [-0.15, -0.1) is 0 Å². The van der Waals surface area contributed by atoms with E-state index in [1.165, 1.54) is 6.42 Å². The molecule has 2 aliphatic carbocycles. The van der Waals surface area contributed by atoms with E-state index < -0.39 is 18.1 Å². The van der Waals surface area contributed by atoms with E-state index in [1.54, 1.807) is 0 Å². The molecule has 2 saturated carbocycles. The van der Waals surface area contributed by atoms with Gasteiger partial charge >= 0.3 is 5.97 Å². The third-order valence-corrected chi connectivity index (χ3v) is 4.45. The molecular formula is C16H27NO4. The van der Waals surface area contributed by atoms with Gasteiger partial charge in [-0.25, -0.2) is 4.79 Å². The molecule has 0 radical (unpaired) electrons. The van der Waals surface area contributed by atoms with Crippen molar-refractivity contribution in [3.63, 3.8) is 0 Å². The Morgan fingerprint density at radius 3 is 2.38 bits per heavy atom. The SMILES string of the molecule is CCC(OC1CCCCC1)C(=O)NC(CC1CC1)C(=O)O. The fourth-order valence-corrected chi connectivity index (χ4v) is 2.95. The quantitative estimate of drug-likeness (QED) is 0.721. The molecule has 0 spiro atoms. The molecule has 120 valence electrons. The van der Waals surface area contributed by atoms with Crippen molar-refractivity contribution in [2.24, 2.45) is 5.92 Å². The first kappa shape index (κ1) is 16.3. The fraction of sp³-hybridized carbons (Fsp3) is 0.875. The van der Waals surface area contributed by atoms with E-state index in [4.69, 9.17) is 4.74 Å². The molecule has 0 aromatic heterocycles. The van der Waals surface area contributed by atoms with Crippen LogP contribution in [-0.2, 0) is 14.3 Å². The molecule has 2 unspecified atom stereocenters. The minimum Gasteiger partial charge on any atom is -0.480 e. The summed E-state index contributed by atoms with van der Waals surface area (Å²) in [6.45, 7) is 1.91. The van der Waals surface area contributed by atoms with Crippen LogP contribution in [0.15, 0.2) is 0 Å². The predicted octanol–water partition coefficient (Wildman–Crippen LogP) is 2.48. The van der Waals surface area contributed by atoms with E-state index in [1.807, 2.05) is 6.92 Å². The average molecular weight is 297 g/mol. The molecule has 2 fully saturated rings. The number of amides is 1. The van der Waals surface area contributed by atoms with Crippen molar-refractivity contribution in [3.05, 3.63) is 0 Å². The summed E-state index contributed by atoms with van der Waals surface area (Å²) in [4.78, 5) is 23.5. The molecule has 2 aliphatic rings. The molecule has 21 heavy (non-hydrogen) atoms. The van der Waals surface area contributed by atoms with Gasteiger partial charge in [0.25, 0.3) is 0 Å². The van der Waals surface area contributed by atoms with Gasteiger partial charge in [0, 0.05) is 0 Å². The van der Waals surface area contributed by atoms with Crippen molar-refractivity contribution >= 4 is 11.9 Å². The Hall–Kier alpha value is -1.10. The van der Waals surface area contributed by atoms with Crippen LogP contribution >= 0.6 is 0 Å². The Morgan fingerprint density at radius 2 is 1.86 bits per heavy atom. The molecule has 0 aromatic rings. The Balaban J connectivity index is 1.83. The van der Waals surface area contributed by atoms with Gasteiger partial charge < -0.3 is 15.2 Å². The molecule has 2 N–H and O–H groups in total. The molecule has 0 aromatic carbocycles. The number of rotatable bonds is 8. The molecule has 0 heterocycles. The van der Waals surface area contributed by atoms with Crippen LogP contribution in [0.4, 0.5) is 0 Å². The highest BCUT2D eigenvalue weighted by atomic mass is 16.5. The number of carbonyl (C=O) groups excluding carboxylic acids is 1. The van der Waals surface area contributed by atoms with Crippen LogP contribution in [0, 0.1) is 5.92 Å². The van der Waals surface area contributed by atoms with Crippen LogP contribution in [0.5, 0.6) is 0 Å². The van der Waals surface area contributed by atoms with Crippen LogP contribution in [0.1, 0.15) is 64.7 Å². The van der Waals surface area contributed by atoms with Crippen LogP contribution in [0.25, 0.3) is 0 Å². The number of nitrogens with one attached hydrogen (secondary N) is 1. The Kier molecular flexibility index (Phi) is 6.03. The number of ether oxygens (including phenoxy) is 1. The zero-order chi connectivity index (χ0) is 15.2. The molecule has 0 bridgehead atoms. The molecule has 5 nitrogen and oxygen atoms in total. The van der Waals surface area contributed by atoms with Crippen molar-refractivity contribution in [1.29, 1.82) is 0 Å². The summed E-state index contributed by atoms with van der Waals surface area (Å²) < 4.78 is 5.90. The summed E-state index contributed by atoms with van der Waals surface area (Å²) in [5.41, 5.74) is 0. The lowest BCUT2D eigenvalue weighted by atomic mass is 9.97. The summed E-state index contributed by atoms with van der Waals surface area (Å²) in [5, 5.41) is 11.9. The van der Waals surface area contributed by atoms with Crippen LogP contribution < -0.4 is 5.32 Å². The first-order valence-corrected chi connectivity index (χ1v) is 8.28. The lowest BCUT2D eigenvalue weighted by Crippen LogP contribution is -2.47. The van der Waals surface area contributed by atoms with Gasteiger partial charge in [0.2, 0.25) is 5.91 Å². The molecule has 2 rings (SSSR count). The Labute approximate surface area is 126 Å². The first-order chi connectivity index (χ1) is 10.1. The van der Waals surface area contributed by atoms with E-state index in [0.29, 0.717) is 18.8 Å². The van der Waals surface area contributed by atoms with Crippen molar-refractivity contribution in [2.75, 3.05) is 0 Å². The normalized spacial score (nSPS) is 22.5. The van der Waals surface area contributed by atoms with E-state index >= 15 is 0 Å². The molecule has 5 heteroatoms. The lowest BCUT2D eigenvalue weighted by molar-refractivity contribution is -0.146. The number of hydrogen-bond acceptors (Lipinski definition) is 3. The van der Waals surface area contributed by atoms with E-state index in [-0.39, 0.29) is 12.0 Å². The number of carboxylic acid groups (broad SMARTS) is 1. The molecular weight excluding hydrogens is 270 g/mol. The maximum absolute atomic E-state index is 12.3. The smallest absolute Gasteiger partial charge is 0.326 e. The summed E-state index contributed by atoms with van der Waals surface area (Å²) in [6, 6.07) is -0.769. The third-order valence-electron chi connectivity index (χ3n) is 4.45. The number of aliphatic carboxylic acids is 1.